The Kier molecular flexibility index (Phi) is 3.89. The first-order valence-electron chi connectivity index (χ1n) is 6.11. The molecule has 1 aromatic carbocycles. The van der Waals surface area contributed by atoms with E-state index in [2.05, 4.69) is 4.98 Å². The number of halogens is 1. The number of hydrogen-bond acceptors (Lipinski definition) is 4. The van der Waals surface area contributed by atoms with Crippen molar-refractivity contribution in [1.82, 2.24) is 4.98 Å². The van der Waals surface area contributed by atoms with E-state index in [1.54, 1.807) is 23.5 Å². The molecule has 0 unspecified atom stereocenters. The van der Waals surface area contributed by atoms with Crippen LogP contribution in [0.2, 0.25) is 0 Å². The molecule has 20 heavy (non-hydrogen) atoms. The molecule has 5 heteroatoms. The molecular formula is C15H12FNOS2. The summed E-state index contributed by atoms with van der Waals surface area (Å²) in [4.78, 5) is 6.14. The lowest BCUT2D eigenvalue weighted by Crippen LogP contribution is -1.86. The molecule has 102 valence electrons. The van der Waals surface area contributed by atoms with Gasteiger partial charge in [-0.15, -0.1) is 23.1 Å². The van der Waals surface area contributed by atoms with E-state index < -0.39 is 0 Å². The third-order valence-electron chi connectivity index (χ3n) is 2.83. The van der Waals surface area contributed by atoms with Crippen molar-refractivity contribution >= 4 is 23.1 Å². The third kappa shape index (κ3) is 2.78. The van der Waals surface area contributed by atoms with E-state index in [0.29, 0.717) is 16.5 Å². The van der Waals surface area contributed by atoms with Gasteiger partial charge in [-0.2, -0.15) is 0 Å². The van der Waals surface area contributed by atoms with Crippen LogP contribution in [-0.4, -0.2) is 4.98 Å². The number of aromatic nitrogens is 1. The van der Waals surface area contributed by atoms with Gasteiger partial charge < -0.3 is 4.42 Å². The van der Waals surface area contributed by atoms with E-state index in [9.17, 15) is 4.39 Å². The lowest BCUT2D eigenvalue weighted by atomic mass is 10.3. The third-order valence-corrected chi connectivity index (χ3v) is 4.74. The molecule has 0 aliphatic rings. The highest BCUT2D eigenvalue weighted by Crippen LogP contribution is 2.30. The van der Waals surface area contributed by atoms with E-state index in [1.165, 1.54) is 17.8 Å². The summed E-state index contributed by atoms with van der Waals surface area (Å²) in [6.07, 6.45) is 0. The van der Waals surface area contributed by atoms with Crippen LogP contribution < -0.4 is 0 Å². The number of rotatable bonds is 4. The number of benzene rings is 1. The molecule has 3 aromatic rings. The molecule has 0 fully saturated rings. The first kappa shape index (κ1) is 13.4. The molecule has 0 amide bonds. The Morgan fingerprint density at radius 1 is 1.25 bits per heavy atom. The standard InChI is InChI=1S/C15H12FNOS2/c1-10-12(9-20-13-6-3-2-5-11(13)16)17-15(18-10)14-7-4-8-19-14/h2-8H,9H2,1H3. The highest BCUT2D eigenvalue weighted by molar-refractivity contribution is 7.98. The van der Waals surface area contributed by atoms with Gasteiger partial charge >= 0.3 is 0 Å². The van der Waals surface area contributed by atoms with Crippen molar-refractivity contribution in [2.45, 2.75) is 17.6 Å². The molecule has 3 rings (SSSR count). The average Bonchev–Trinajstić information content (AvgIpc) is 3.07. The molecule has 2 heterocycles. The van der Waals surface area contributed by atoms with Gasteiger partial charge in [-0.25, -0.2) is 9.37 Å². The zero-order valence-electron chi connectivity index (χ0n) is 10.8. The highest BCUT2D eigenvalue weighted by Gasteiger charge is 2.13. The second-order valence-corrected chi connectivity index (χ2v) is 6.18. The summed E-state index contributed by atoms with van der Waals surface area (Å²) >= 11 is 3.02. The fourth-order valence-electron chi connectivity index (χ4n) is 1.78. The molecule has 0 aliphatic heterocycles. The summed E-state index contributed by atoms with van der Waals surface area (Å²) in [7, 11) is 0. The molecule has 0 bridgehead atoms. The number of oxazole rings is 1. The first-order valence-corrected chi connectivity index (χ1v) is 7.98. The Morgan fingerprint density at radius 2 is 2.10 bits per heavy atom. The average molecular weight is 305 g/mol. The van der Waals surface area contributed by atoms with Crippen LogP contribution in [0.1, 0.15) is 11.5 Å². The molecule has 0 radical (unpaired) electrons. The second kappa shape index (κ2) is 5.81. The normalized spacial score (nSPS) is 10.9. The smallest absolute Gasteiger partial charge is 0.236 e. The van der Waals surface area contributed by atoms with Gasteiger partial charge in [0.25, 0.3) is 0 Å². The maximum absolute atomic E-state index is 13.6. The molecule has 2 aromatic heterocycles. The predicted molar refractivity (Wildman–Crippen MR) is 80.5 cm³/mol. The van der Waals surface area contributed by atoms with E-state index in [4.69, 9.17) is 4.42 Å². The predicted octanol–water partition coefficient (Wildman–Crippen LogP) is 5.14. The lowest BCUT2D eigenvalue weighted by molar-refractivity contribution is 0.542. The lowest BCUT2D eigenvalue weighted by Gasteiger charge is -2.00. The molecule has 2 nitrogen and oxygen atoms in total. The van der Waals surface area contributed by atoms with Crippen molar-refractivity contribution in [3.8, 4) is 10.8 Å². The van der Waals surface area contributed by atoms with Crippen molar-refractivity contribution in [3.63, 3.8) is 0 Å². The van der Waals surface area contributed by atoms with Crippen LogP contribution in [0.15, 0.2) is 51.1 Å². The van der Waals surface area contributed by atoms with Gasteiger partial charge in [0.15, 0.2) is 0 Å². The van der Waals surface area contributed by atoms with Crippen LogP contribution in [0.4, 0.5) is 4.39 Å². The summed E-state index contributed by atoms with van der Waals surface area (Å²) in [5, 5.41) is 1.99. The van der Waals surface area contributed by atoms with Gasteiger partial charge in [0.2, 0.25) is 5.89 Å². The van der Waals surface area contributed by atoms with Gasteiger partial charge in [-0.1, -0.05) is 18.2 Å². The Morgan fingerprint density at radius 3 is 2.85 bits per heavy atom. The van der Waals surface area contributed by atoms with Gasteiger partial charge in [-0.05, 0) is 30.5 Å². The Bertz CT molecular complexity index is 706. The number of hydrogen-bond donors (Lipinski definition) is 0. The molecule has 0 atom stereocenters. The summed E-state index contributed by atoms with van der Waals surface area (Å²) in [6.45, 7) is 1.89. The summed E-state index contributed by atoms with van der Waals surface area (Å²) in [5.74, 6) is 1.83. The SMILES string of the molecule is Cc1oc(-c2cccs2)nc1CSc1ccccc1F. The largest absolute Gasteiger partial charge is 0.440 e. The van der Waals surface area contributed by atoms with Crippen molar-refractivity contribution in [3.05, 3.63) is 59.0 Å². The second-order valence-electron chi connectivity index (χ2n) is 4.22. The van der Waals surface area contributed by atoms with Crippen LogP contribution >= 0.6 is 23.1 Å². The van der Waals surface area contributed by atoms with Crippen LogP contribution in [0, 0.1) is 12.7 Å². The molecule has 0 spiro atoms. The fraction of sp³-hybridized carbons (Fsp3) is 0.133. The van der Waals surface area contributed by atoms with E-state index in [-0.39, 0.29) is 5.82 Å². The maximum atomic E-state index is 13.6. The fourth-order valence-corrected chi connectivity index (χ4v) is 3.37. The first-order chi connectivity index (χ1) is 9.74. The van der Waals surface area contributed by atoms with Crippen LogP contribution in [-0.2, 0) is 5.75 Å². The number of thiophene rings is 1. The molecule has 0 aliphatic carbocycles. The summed E-state index contributed by atoms with van der Waals surface area (Å²) < 4.78 is 19.2. The van der Waals surface area contributed by atoms with Crippen molar-refractivity contribution in [2.75, 3.05) is 0 Å². The van der Waals surface area contributed by atoms with E-state index in [0.717, 1.165) is 16.3 Å². The highest BCUT2D eigenvalue weighted by atomic mass is 32.2. The van der Waals surface area contributed by atoms with Gasteiger partial charge in [0.1, 0.15) is 11.6 Å². The number of nitrogens with zero attached hydrogens (tertiary/aromatic N) is 1. The maximum Gasteiger partial charge on any atom is 0.236 e. The minimum absolute atomic E-state index is 0.197. The minimum Gasteiger partial charge on any atom is -0.440 e. The Labute approximate surface area is 124 Å². The van der Waals surface area contributed by atoms with Crippen LogP contribution in [0.5, 0.6) is 0 Å². The van der Waals surface area contributed by atoms with Gasteiger partial charge in [-0.3, -0.25) is 0 Å². The summed E-state index contributed by atoms with van der Waals surface area (Å²) in [6, 6.07) is 10.7. The Balaban J connectivity index is 1.77. The van der Waals surface area contributed by atoms with Crippen molar-refractivity contribution in [2.24, 2.45) is 0 Å². The van der Waals surface area contributed by atoms with Gasteiger partial charge in [0, 0.05) is 10.6 Å². The molecule has 0 N–H and O–H groups in total. The van der Waals surface area contributed by atoms with E-state index >= 15 is 0 Å². The van der Waals surface area contributed by atoms with Crippen molar-refractivity contribution < 1.29 is 8.81 Å². The summed E-state index contributed by atoms with van der Waals surface area (Å²) in [5.41, 5.74) is 0.863. The zero-order chi connectivity index (χ0) is 13.9. The molecular weight excluding hydrogens is 293 g/mol. The van der Waals surface area contributed by atoms with Crippen LogP contribution in [0.25, 0.3) is 10.8 Å². The Hall–Kier alpha value is -1.59. The monoisotopic (exact) mass is 305 g/mol. The number of aryl methyl sites for hydroxylation is 1. The number of thioether (sulfide) groups is 1. The quantitative estimate of drug-likeness (QED) is 0.624. The van der Waals surface area contributed by atoms with Crippen LogP contribution in [0.3, 0.4) is 0 Å². The topological polar surface area (TPSA) is 26.0 Å². The van der Waals surface area contributed by atoms with E-state index in [1.807, 2.05) is 30.5 Å². The molecule has 0 saturated heterocycles. The van der Waals surface area contributed by atoms with Crippen molar-refractivity contribution in [1.29, 1.82) is 0 Å². The zero-order valence-corrected chi connectivity index (χ0v) is 12.4. The minimum atomic E-state index is -0.197. The molecule has 0 saturated carbocycles. The van der Waals surface area contributed by atoms with Gasteiger partial charge in [0.05, 0.1) is 10.6 Å².